The minimum atomic E-state index is 0.269. The summed E-state index contributed by atoms with van der Waals surface area (Å²) in [5, 5.41) is 0.648. The summed E-state index contributed by atoms with van der Waals surface area (Å²) in [6.45, 7) is 0. The first-order valence-corrected chi connectivity index (χ1v) is 3.17. The Balaban J connectivity index is 2.95. The molecule has 0 atom stereocenters. The molecule has 0 aliphatic heterocycles. The molecule has 0 saturated carbocycles. The zero-order valence-corrected chi connectivity index (χ0v) is 5.66. The van der Waals surface area contributed by atoms with E-state index in [1.807, 2.05) is 0 Å². The molecule has 2 aromatic rings. The summed E-state index contributed by atoms with van der Waals surface area (Å²) in [5.74, 6) is 0. The van der Waals surface area contributed by atoms with E-state index in [1.54, 1.807) is 12.1 Å². The molecule has 56 valence electrons. The third kappa shape index (κ3) is 0.756. The summed E-state index contributed by atoms with van der Waals surface area (Å²) in [4.78, 5) is 4.23. The van der Waals surface area contributed by atoms with E-state index >= 15 is 0 Å². The second kappa shape index (κ2) is 1.95. The van der Waals surface area contributed by atoms with Gasteiger partial charge < -0.3 is 5.73 Å². The van der Waals surface area contributed by atoms with E-state index < -0.39 is 0 Å². The van der Waals surface area contributed by atoms with E-state index in [0.717, 1.165) is 0 Å². The van der Waals surface area contributed by atoms with Gasteiger partial charge in [0.2, 0.25) is 0 Å². The first kappa shape index (κ1) is 6.15. The number of nitrogens with zero attached hydrogens (tertiary/aromatic N) is 2. The molecule has 0 radical (unpaired) electrons. The van der Waals surface area contributed by atoms with E-state index in [-0.39, 0.29) is 5.65 Å². The number of nitrogens with two attached hydrogens (primary N) is 1. The molecule has 0 saturated heterocycles. The lowest BCUT2D eigenvalue weighted by atomic mass is 10.3. The quantitative estimate of drug-likeness (QED) is 0.617. The van der Waals surface area contributed by atoms with Crippen LogP contribution in [0.3, 0.4) is 0 Å². The molecule has 0 fully saturated rings. The summed E-state index contributed by atoms with van der Waals surface area (Å²) in [6.07, 6.45) is 2.73. The highest BCUT2D eigenvalue weighted by Crippen LogP contribution is 2.20. The van der Waals surface area contributed by atoms with Crippen LogP contribution in [-0.4, -0.2) is 9.77 Å². The predicted octanol–water partition coefficient (Wildman–Crippen LogP) is 1.35. The van der Waals surface area contributed by atoms with Gasteiger partial charge in [-0.1, -0.05) is 4.48 Å². The Kier molecular flexibility index (Phi) is 1.09. The van der Waals surface area contributed by atoms with Crippen LogP contribution in [0.1, 0.15) is 0 Å². The van der Waals surface area contributed by atoms with Crippen molar-refractivity contribution in [2.45, 2.75) is 0 Å². The SMILES string of the molecule is Nc1cn(F)c2ncccc12. The van der Waals surface area contributed by atoms with Crippen LogP contribution in [0.15, 0.2) is 24.5 Å². The fourth-order valence-electron chi connectivity index (χ4n) is 1.05. The average molecular weight is 151 g/mol. The maximum absolute atomic E-state index is 12.8. The number of nitrogen functional groups attached to an aromatic ring is 1. The van der Waals surface area contributed by atoms with Crippen molar-refractivity contribution >= 4 is 16.7 Å². The molecule has 11 heavy (non-hydrogen) atoms. The van der Waals surface area contributed by atoms with E-state index in [4.69, 9.17) is 5.73 Å². The van der Waals surface area contributed by atoms with Crippen LogP contribution in [0.4, 0.5) is 10.2 Å². The Labute approximate surface area is 62.2 Å². The van der Waals surface area contributed by atoms with E-state index in [2.05, 4.69) is 4.98 Å². The first-order chi connectivity index (χ1) is 5.29. The molecule has 0 unspecified atom stereocenters. The summed E-state index contributed by atoms with van der Waals surface area (Å²) in [5.41, 5.74) is 6.16. The smallest absolute Gasteiger partial charge is 0.171 e. The Morgan fingerprint density at radius 3 is 3.09 bits per heavy atom. The predicted molar refractivity (Wildman–Crippen MR) is 40.7 cm³/mol. The largest absolute Gasteiger partial charge is 0.397 e. The third-order valence-electron chi connectivity index (χ3n) is 1.55. The molecule has 2 heterocycles. The molecule has 0 aliphatic carbocycles. The normalized spacial score (nSPS) is 10.6. The summed E-state index contributed by atoms with van der Waals surface area (Å²) in [7, 11) is 0. The number of hydrogen-bond acceptors (Lipinski definition) is 2. The van der Waals surface area contributed by atoms with Gasteiger partial charge in [-0.2, -0.15) is 4.79 Å². The lowest BCUT2D eigenvalue weighted by Crippen LogP contribution is -1.80. The minimum absolute atomic E-state index is 0.269. The van der Waals surface area contributed by atoms with Crippen molar-refractivity contribution in [3.05, 3.63) is 24.5 Å². The molecular weight excluding hydrogens is 145 g/mol. The maximum Gasteiger partial charge on any atom is 0.171 e. The van der Waals surface area contributed by atoms with Crippen molar-refractivity contribution in [2.75, 3.05) is 5.73 Å². The van der Waals surface area contributed by atoms with Gasteiger partial charge in [0, 0.05) is 11.6 Å². The van der Waals surface area contributed by atoms with Crippen LogP contribution in [-0.2, 0) is 0 Å². The highest BCUT2D eigenvalue weighted by molar-refractivity contribution is 5.88. The number of halogens is 1. The lowest BCUT2D eigenvalue weighted by Gasteiger charge is -1.87. The Morgan fingerprint density at radius 1 is 1.55 bits per heavy atom. The summed E-state index contributed by atoms with van der Waals surface area (Å²) >= 11 is 0. The average Bonchev–Trinajstić information content (AvgIpc) is 2.30. The number of anilines is 1. The number of pyridine rings is 1. The van der Waals surface area contributed by atoms with Crippen molar-refractivity contribution < 1.29 is 4.48 Å². The summed E-state index contributed by atoms with van der Waals surface area (Å²) < 4.78 is 12.8. The van der Waals surface area contributed by atoms with Crippen LogP contribution in [0.2, 0.25) is 0 Å². The third-order valence-corrected chi connectivity index (χ3v) is 1.55. The number of hydrogen-bond donors (Lipinski definition) is 1. The van der Waals surface area contributed by atoms with Gasteiger partial charge in [0.05, 0.1) is 11.9 Å². The highest BCUT2D eigenvalue weighted by atomic mass is 19.2. The van der Waals surface area contributed by atoms with Gasteiger partial charge in [0.15, 0.2) is 5.65 Å². The molecule has 3 nitrogen and oxygen atoms in total. The second-order valence-corrected chi connectivity index (χ2v) is 2.27. The summed E-state index contributed by atoms with van der Waals surface area (Å²) in [6, 6.07) is 3.45. The Hall–Kier alpha value is -1.58. The molecular formula is C7H6FN3. The molecule has 0 spiro atoms. The fourth-order valence-corrected chi connectivity index (χ4v) is 1.05. The van der Waals surface area contributed by atoms with E-state index in [9.17, 15) is 4.48 Å². The zero-order valence-electron chi connectivity index (χ0n) is 5.66. The Morgan fingerprint density at radius 2 is 2.36 bits per heavy atom. The van der Waals surface area contributed by atoms with Crippen LogP contribution >= 0.6 is 0 Å². The van der Waals surface area contributed by atoms with Crippen molar-refractivity contribution in [1.82, 2.24) is 9.77 Å². The van der Waals surface area contributed by atoms with Crippen LogP contribution in [0.25, 0.3) is 11.0 Å². The minimum Gasteiger partial charge on any atom is -0.397 e. The fraction of sp³-hybridized carbons (Fsp3) is 0. The van der Waals surface area contributed by atoms with Crippen molar-refractivity contribution in [2.24, 2.45) is 0 Å². The van der Waals surface area contributed by atoms with Crippen LogP contribution < -0.4 is 5.73 Å². The van der Waals surface area contributed by atoms with Gasteiger partial charge in [-0.05, 0) is 12.1 Å². The van der Waals surface area contributed by atoms with Crippen molar-refractivity contribution in [1.29, 1.82) is 0 Å². The molecule has 2 N–H and O–H groups in total. The molecule has 0 aliphatic rings. The zero-order chi connectivity index (χ0) is 7.84. The number of rotatable bonds is 0. The van der Waals surface area contributed by atoms with Gasteiger partial charge in [-0.25, -0.2) is 4.98 Å². The topological polar surface area (TPSA) is 43.8 Å². The standard InChI is InChI=1S/C7H6FN3/c8-11-4-6(9)5-2-1-3-10-7(5)11/h1-4H,9H2. The molecule has 4 heteroatoms. The van der Waals surface area contributed by atoms with Gasteiger partial charge in [0.25, 0.3) is 0 Å². The highest BCUT2D eigenvalue weighted by Gasteiger charge is 2.04. The number of fused-ring (bicyclic) bond motifs is 1. The van der Waals surface area contributed by atoms with Crippen LogP contribution in [0, 0.1) is 0 Å². The monoisotopic (exact) mass is 151 g/mol. The van der Waals surface area contributed by atoms with Crippen molar-refractivity contribution in [3.63, 3.8) is 0 Å². The molecule has 2 rings (SSSR count). The first-order valence-electron chi connectivity index (χ1n) is 3.17. The van der Waals surface area contributed by atoms with Gasteiger partial charge >= 0.3 is 0 Å². The molecule has 0 aromatic carbocycles. The molecule has 2 aromatic heterocycles. The van der Waals surface area contributed by atoms with Crippen molar-refractivity contribution in [3.8, 4) is 0 Å². The van der Waals surface area contributed by atoms with Gasteiger partial charge in [-0.15, -0.1) is 0 Å². The Bertz CT molecular complexity index is 357. The van der Waals surface area contributed by atoms with E-state index in [1.165, 1.54) is 12.4 Å². The lowest BCUT2D eigenvalue weighted by molar-refractivity contribution is 0.385. The maximum atomic E-state index is 12.8. The molecule has 0 amide bonds. The molecule has 0 bridgehead atoms. The van der Waals surface area contributed by atoms with Gasteiger partial charge in [0.1, 0.15) is 0 Å². The van der Waals surface area contributed by atoms with Gasteiger partial charge in [-0.3, -0.25) is 0 Å². The van der Waals surface area contributed by atoms with Crippen LogP contribution in [0.5, 0.6) is 0 Å². The van der Waals surface area contributed by atoms with E-state index in [0.29, 0.717) is 15.9 Å². The second-order valence-electron chi connectivity index (χ2n) is 2.27. The number of aromatic nitrogens is 2.